The van der Waals surface area contributed by atoms with Gasteiger partial charge in [-0.15, -0.1) is 5.10 Å². The number of nitrogens with zero attached hydrogens (tertiary/aromatic N) is 4. The molecule has 6 heteroatoms. The second-order valence-corrected chi connectivity index (χ2v) is 5.54. The lowest BCUT2D eigenvalue weighted by molar-refractivity contribution is 0.0920. The molecule has 1 aromatic heterocycles. The summed E-state index contributed by atoms with van der Waals surface area (Å²) < 4.78 is 7.26. The van der Waals surface area contributed by atoms with Crippen LogP contribution in [-0.2, 0) is 4.74 Å². The molecule has 2 rings (SSSR count). The number of aromatic nitrogens is 4. The minimum atomic E-state index is 0.258. The molecule has 0 spiro atoms. The highest BCUT2D eigenvalue weighted by molar-refractivity contribution is 7.99. The maximum Gasteiger partial charge on any atom is 0.214 e. The molecule has 1 aromatic carbocycles. The van der Waals surface area contributed by atoms with Crippen LogP contribution in [0.3, 0.4) is 0 Å². The summed E-state index contributed by atoms with van der Waals surface area (Å²) in [5.41, 5.74) is 2.17. The SMILES string of the molecule is Cc1cccc(-n2nnnc2SCCOC(C)C)c1. The van der Waals surface area contributed by atoms with E-state index in [2.05, 4.69) is 34.6 Å². The second kappa shape index (κ2) is 6.68. The van der Waals surface area contributed by atoms with E-state index in [1.165, 1.54) is 5.56 Å². The summed E-state index contributed by atoms with van der Waals surface area (Å²) in [5.74, 6) is 0.838. The lowest BCUT2D eigenvalue weighted by atomic mass is 10.2. The molecule has 0 aliphatic heterocycles. The van der Waals surface area contributed by atoms with E-state index < -0.39 is 0 Å². The number of hydrogen-bond acceptors (Lipinski definition) is 5. The highest BCUT2D eigenvalue weighted by atomic mass is 32.2. The maximum absolute atomic E-state index is 5.51. The van der Waals surface area contributed by atoms with Gasteiger partial charge in [-0.2, -0.15) is 4.68 Å². The van der Waals surface area contributed by atoms with Gasteiger partial charge >= 0.3 is 0 Å². The van der Waals surface area contributed by atoms with Crippen LogP contribution in [0.5, 0.6) is 0 Å². The Morgan fingerprint density at radius 3 is 2.95 bits per heavy atom. The summed E-state index contributed by atoms with van der Waals surface area (Å²) in [6.45, 7) is 6.81. The van der Waals surface area contributed by atoms with E-state index in [9.17, 15) is 0 Å². The summed E-state index contributed by atoms with van der Waals surface area (Å²) in [4.78, 5) is 0. The van der Waals surface area contributed by atoms with E-state index in [0.717, 1.165) is 16.6 Å². The predicted molar refractivity (Wildman–Crippen MR) is 75.7 cm³/mol. The zero-order chi connectivity index (χ0) is 13.7. The summed E-state index contributed by atoms with van der Waals surface area (Å²) in [5, 5.41) is 12.6. The lowest BCUT2D eigenvalue weighted by Gasteiger charge is -2.07. The summed E-state index contributed by atoms with van der Waals surface area (Å²) in [6, 6.07) is 8.11. The van der Waals surface area contributed by atoms with Gasteiger partial charge in [0.25, 0.3) is 0 Å². The van der Waals surface area contributed by atoms with E-state index in [0.29, 0.717) is 6.61 Å². The van der Waals surface area contributed by atoms with Crippen molar-refractivity contribution in [1.82, 2.24) is 20.2 Å². The molecule has 0 saturated carbocycles. The standard InChI is InChI=1S/C13H18N4OS/c1-10(2)18-7-8-19-13-14-15-16-17(13)12-6-4-5-11(3)9-12/h4-6,9-10H,7-8H2,1-3H3. The van der Waals surface area contributed by atoms with Gasteiger partial charge in [0, 0.05) is 5.75 Å². The van der Waals surface area contributed by atoms with Crippen LogP contribution < -0.4 is 0 Å². The topological polar surface area (TPSA) is 52.8 Å². The first-order chi connectivity index (χ1) is 9.16. The fraction of sp³-hybridized carbons (Fsp3) is 0.462. The van der Waals surface area contributed by atoms with Crippen molar-refractivity contribution in [2.24, 2.45) is 0 Å². The third kappa shape index (κ3) is 4.04. The minimum Gasteiger partial charge on any atom is -0.378 e. The van der Waals surface area contributed by atoms with Gasteiger partial charge in [0.15, 0.2) is 0 Å². The number of rotatable bonds is 6. The molecule has 0 unspecified atom stereocenters. The van der Waals surface area contributed by atoms with Crippen molar-refractivity contribution >= 4 is 11.8 Å². The minimum absolute atomic E-state index is 0.258. The maximum atomic E-state index is 5.51. The van der Waals surface area contributed by atoms with Crippen LogP contribution in [-0.4, -0.2) is 38.7 Å². The smallest absolute Gasteiger partial charge is 0.214 e. The number of thioether (sulfide) groups is 1. The molecule has 0 bridgehead atoms. The Balaban J connectivity index is 2.02. The van der Waals surface area contributed by atoms with Gasteiger partial charge in [-0.1, -0.05) is 23.9 Å². The van der Waals surface area contributed by atoms with Crippen LogP contribution in [0.15, 0.2) is 29.4 Å². The third-order valence-corrected chi connectivity index (χ3v) is 3.34. The average Bonchev–Trinajstić information content (AvgIpc) is 2.83. The molecule has 0 radical (unpaired) electrons. The molecular weight excluding hydrogens is 260 g/mol. The van der Waals surface area contributed by atoms with Gasteiger partial charge < -0.3 is 4.74 Å². The molecule has 102 valence electrons. The zero-order valence-electron chi connectivity index (χ0n) is 11.4. The number of tetrazole rings is 1. The van der Waals surface area contributed by atoms with Crippen LogP contribution in [0.25, 0.3) is 5.69 Å². The normalized spacial score (nSPS) is 11.2. The van der Waals surface area contributed by atoms with Crippen molar-refractivity contribution in [2.45, 2.75) is 32.0 Å². The molecule has 19 heavy (non-hydrogen) atoms. The van der Waals surface area contributed by atoms with Gasteiger partial charge in [-0.3, -0.25) is 0 Å². The van der Waals surface area contributed by atoms with Crippen LogP contribution in [0.1, 0.15) is 19.4 Å². The molecular formula is C13H18N4OS. The average molecular weight is 278 g/mol. The van der Waals surface area contributed by atoms with Crippen molar-refractivity contribution in [3.63, 3.8) is 0 Å². The molecule has 0 saturated heterocycles. The summed E-state index contributed by atoms with van der Waals surface area (Å²) in [7, 11) is 0. The first-order valence-corrected chi connectivity index (χ1v) is 7.25. The molecule has 0 aliphatic rings. The lowest BCUT2D eigenvalue weighted by Crippen LogP contribution is -2.06. The van der Waals surface area contributed by atoms with Crippen molar-refractivity contribution in [3.05, 3.63) is 29.8 Å². The molecule has 0 atom stereocenters. The highest BCUT2D eigenvalue weighted by Crippen LogP contribution is 2.18. The Morgan fingerprint density at radius 2 is 2.21 bits per heavy atom. The fourth-order valence-corrected chi connectivity index (χ4v) is 2.33. The van der Waals surface area contributed by atoms with E-state index in [1.54, 1.807) is 16.4 Å². The molecule has 2 aromatic rings. The molecule has 0 amide bonds. The molecule has 1 heterocycles. The summed E-state index contributed by atoms with van der Waals surface area (Å²) in [6.07, 6.45) is 0.258. The Hall–Kier alpha value is -1.40. The van der Waals surface area contributed by atoms with E-state index in [4.69, 9.17) is 4.74 Å². The third-order valence-electron chi connectivity index (χ3n) is 2.45. The fourth-order valence-electron chi connectivity index (χ4n) is 1.61. The van der Waals surface area contributed by atoms with Gasteiger partial charge in [-0.05, 0) is 48.9 Å². The largest absolute Gasteiger partial charge is 0.378 e. The van der Waals surface area contributed by atoms with Gasteiger partial charge in [-0.25, -0.2) is 0 Å². The summed E-state index contributed by atoms with van der Waals surface area (Å²) >= 11 is 1.60. The number of ether oxygens (including phenoxy) is 1. The van der Waals surface area contributed by atoms with Crippen molar-refractivity contribution < 1.29 is 4.74 Å². The predicted octanol–water partition coefficient (Wildman–Crippen LogP) is 2.49. The highest BCUT2D eigenvalue weighted by Gasteiger charge is 2.08. The Bertz CT molecular complexity index is 527. The Labute approximate surface area is 117 Å². The van der Waals surface area contributed by atoms with E-state index >= 15 is 0 Å². The number of benzene rings is 1. The molecule has 0 fully saturated rings. The quantitative estimate of drug-likeness (QED) is 0.600. The van der Waals surface area contributed by atoms with Crippen LogP contribution >= 0.6 is 11.8 Å². The van der Waals surface area contributed by atoms with Gasteiger partial charge in [0.1, 0.15) is 0 Å². The zero-order valence-corrected chi connectivity index (χ0v) is 12.2. The Kier molecular flexibility index (Phi) is 4.93. The van der Waals surface area contributed by atoms with Crippen LogP contribution in [0.4, 0.5) is 0 Å². The van der Waals surface area contributed by atoms with Crippen LogP contribution in [0, 0.1) is 6.92 Å². The first-order valence-electron chi connectivity index (χ1n) is 6.26. The first kappa shape index (κ1) is 14.0. The van der Waals surface area contributed by atoms with E-state index in [1.807, 2.05) is 26.0 Å². The Morgan fingerprint density at radius 1 is 1.37 bits per heavy atom. The molecule has 0 aliphatic carbocycles. The van der Waals surface area contributed by atoms with E-state index in [-0.39, 0.29) is 6.10 Å². The second-order valence-electron chi connectivity index (χ2n) is 4.48. The van der Waals surface area contributed by atoms with Crippen molar-refractivity contribution in [1.29, 1.82) is 0 Å². The molecule has 5 nitrogen and oxygen atoms in total. The number of hydrogen-bond donors (Lipinski definition) is 0. The van der Waals surface area contributed by atoms with Crippen LogP contribution in [0.2, 0.25) is 0 Å². The van der Waals surface area contributed by atoms with Gasteiger partial charge in [0.2, 0.25) is 5.16 Å². The van der Waals surface area contributed by atoms with Crippen molar-refractivity contribution in [3.8, 4) is 5.69 Å². The molecule has 0 N–H and O–H groups in total. The van der Waals surface area contributed by atoms with Gasteiger partial charge in [0.05, 0.1) is 18.4 Å². The monoisotopic (exact) mass is 278 g/mol. The van der Waals surface area contributed by atoms with Crippen molar-refractivity contribution in [2.75, 3.05) is 12.4 Å². The number of aryl methyl sites for hydroxylation is 1.